The molecule has 0 N–H and O–H groups in total. The summed E-state index contributed by atoms with van der Waals surface area (Å²) in [6.07, 6.45) is 1.08. The second-order valence-electron chi connectivity index (χ2n) is 2.68. The van der Waals surface area contributed by atoms with E-state index < -0.39 is 13.3 Å². The standard InChI is InChI=1S/C7H16BO4P/c1-5-7(8,6-2)12-13(9,10-3)11-4/h5-6H2,1-4H3. The van der Waals surface area contributed by atoms with Crippen LogP contribution >= 0.6 is 7.82 Å². The third kappa shape index (κ3) is 3.82. The first-order chi connectivity index (χ1) is 5.95. The molecule has 0 bridgehead atoms. The zero-order chi connectivity index (χ0) is 10.5. The van der Waals surface area contributed by atoms with Crippen molar-refractivity contribution in [3.05, 3.63) is 0 Å². The van der Waals surface area contributed by atoms with Crippen LogP contribution in [0.3, 0.4) is 0 Å². The minimum absolute atomic E-state index is 0.542. The van der Waals surface area contributed by atoms with Crippen LogP contribution in [-0.2, 0) is 18.1 Å². The van der Waals surface area contributed by atoms with E-state index in [1.807, 2.05) is 13.8 Å². The van der Waals surface area contributed by atoms with Gasteiger partial charge in [-0.2, -0.15) is 0 Å². The van der Waals surface area contributed by atoms with Gasteiger partial charge in [0.05, 0.1) is 0 Å². The van der Waals surface area contributed by atoms with E-state index in [1.165, 1.54) is 14.2 Å². The van der Waals surface area contributed by atoms with E-state index in [0.29, 0.717) is 12.8 Å². The normalized spacial score (nSPS) is 13.2. The monoisotopic (exact) mass is 206 g/mol. The lowest BCUT2D eigenvalue weighted by Crippen LogP contribution is -2.30. The molecule has 13 heavy (non-hydrogen) atoms. The molecule has 0 saturated carbocycles. The molecular formula is C7H16BO4P. The van der Waals surface area contributed by atoms with Crippen molar-refractivity contribution in [3.8, 4) is 0 Å². The van der Waals surface area contributed by atoms with Crippen molar-refractivity contribution < 1.29 is 18.1 Å². The number of hydrogen-bond acceptors (Lipinski definition) is 4. The van der Waals surface area contributed by atoms with Crippen molar-refractivity contribution in [1.29, 1.82) is 0 Å². The molecule has 0 unspecified atom stereocenters. The Labute approximate surface area is 81.0 Å². The van der Waals surface area contributed by atoms with Gasteiger partial charge in [-0.1, -0.05) is 13.8 Å². The molecule has 0 fully saturated rings. The highest BCUT2D eigenvalue weighted by Crippen LogP contribution is 2.51. The van der Waals surface area contributed by atoms with Gasteiger partial charge in [-0.3, -0.25) is 13.6 Å². The maximum absolute atomic E-state index is 11.5. The highest BCUT2D eigenvalue weighted by Gasteiger charge is 2.33. The topological polar surface area (TPSA) is 44.8 Å². The van der Waals surface area contributed by atoms with Crippen LogP contribution in [0.25, 0.3) is 0 Å². The molecule has 0 aliphatic carbocycles. The molecule has 0 atom stereocenters. The second-order valence-corrected chi connectivity index (χ2v) is 4.48. The fraction of sp³-hybridized carbons (Fsp3) is 1.00. The minimum atomic E-state index is -3.46. The smallest absolute Gasteiger partial charge is 0.290 e. The van der Waals surface area contributed by atoms with Gasteiger partial charge in [0.1, 0.15) is 7.85 Å². The van der Waals surface area contributed by atoms with Gasteiger partial charge in [-0.25, -0.2) is 4.57 Å². The average molecular weight is 206 g/mol. The third-order valence-electron chi connectivity index (χ3n) is 1.94. The summed E-state index contributed by atoms with van der Waals surface area (Å²) in [5.41, 5.74) is -0.943. The van der Waals surface area contributed by atoms with Gasteiger partial charge < -0.3 is 0 Å². The van der Waals surface area contributed by atoms with Crippen molar-refractivity contribution in [1.82, 2.24) is 0 Å². The van der Waals surface area contributed by atoms with Crippen LogP contribution in [0.4, 0.5) is 0 Å². The van der Waals surface area contributed by atoms with Gasteiger partial charge in [0.15, 0.2) is 0 Å². The number of phosphoric ester groups is 1. The molecule has 0 rings (SSSR count). The van der Waals surface area contributed by atoms with E-state index >= 15 is 0 Å². The Hall–Kier alpha value is 0.175. The maximum atomic E-state index is 11.5. The molecule has 0 aliphatic heterocycles. The van der Waals surface area contributed by atoms with Gasteiger partial charge in [-0.15, -0.1) is 0 Å². The summed E-state index contributed by atoms with van der Waals surface area (Å²) < 4.78 is 25.9. The lowest BCUT2D eigenvalue weighted by Gasteiger charge is -2.30. The Morgan fingerprint density at radius 3 is 1.85 bits per heavy atom. The van der Waals surface area contributed by atoms with Crippen LogP contribution in [0, 0.1) is 0 Å². The first-order valence-electron chi connectivity index (χ1n) is 4.16. The fourth-order valence-electron chi connectivity index (χ4n) is 0.751. The Kier molecular flexibility index (Phi) is 5.22. The quantitative estimate of drug-likeness (QED) is 0.493. The van der Waals surface area contributed by atoms with Crippen LogP contribution in [0.1, 0.15) is 26.7 Å². The van der Waals surface area contributed by atoms with Gasteiger partial charge in [0.2, 0.25) is 0 Å². The van der Waals surface area contributed by atoms with Gasteiger partial charge in [0.25, 0.3) is 0 Å². The molecule has 76 valence electrons. The molecule has 0 spiro atoms. The second kappa shape index (κ2) is 5.15. The van der Waals surface area contributed by atoms with Gasteiger partial charge >= 0.3 is 7.82 Å². The third-order valence-corrected chi connectivity index (χ3v) is 3.42. The molecule has 4 nitrogen and oxygen atoms in total. The lowest BCUT2D eigenvalue weighted by atomic mass is 9.77. The van der Waals surface area contributed by atoms with E-state index in [9.17, 15) is 4.57 Å². The SMILES string of the molecule is [B]C(CC)(CC)OP(=O)(OC)OC. The van der Waals surface area contributed by atoms with Crippen LogP contribution in [0.2, 0.25) is 0 Å². The molecule has 2 radical (unpaired) electrons. The Balaban J connectivity index is 4.46. The van der Waals surface area contributed by atoms with Crippen molar-refractivity contribution in [2.24, 2.45) is 0 Å². The van der Waals surface area contributed by atoms with E-state index in [1.54, 1.807) is 0 Å². The van der Waals surface area contributed by atoms with Crippen LogP contribution in [-0.4, -0.2) is 27.6 Å². The Bertz CT molecular complexity index is 185. The van der Waals surface area contributed by atoms with E-state index in [-0.39, 0.29) is 0 Å². The van der Waals surface area contributed by atoms with Crippen LogP contribution in [0.5, 0.6) is 0 Å². The fourth-order valence-corrected chi connectivity index (χ4v) is 1.75. The minimum Gasteiger partial charge on any atom is -0.290 e. The van der Waals surface area contributed by atoms with Gasteiger partial charge in [0, 0.05) is 19.7 Å². The average Bonchev–Trinajstić information content (AvgIpc) is 2.17. The molecule has 0 heterocycles. The van der Waals surface area contributed by atoms with Crippen molar-refractivity contribution >= 4 is 15.7 Å². The summed E-state index contributed by atoms with van der Waals surface area (Å²) in [5.74, 6) is 0. The first-order valence-corrected chi connectivity index (χ1v) is 5.62. The van der Waals surface area contributed by atoms with Crippen molar-refractivity contribution in [3.63, 3.8) is 0 Å². The zero-order valence-electron chi connectivity index (χ0n) is 8.57. The number of phosphoric acid groups is 1. The summed E-state index contributed by atoms with van der Waals surface area (Å²) in [5, 5.41) is 0. The summed E-state index contributed by atoms with van der Waals surface area (Å²) in [6, 6.07) is 0. The first kappa shape index (κ1) is 13.2. The predicted octanol–water partition coefficient (Wildman–Crippen LogP) is 2.09. The number of rotatable bonds is 6. The molecular weight excluding hydrogens is 190 g/mol. The molecule has 0 aromatic carbocycles. The highest BCUT2D eigenvalue weighted by molar-refractivity contribution is 7.48. The van der Waals surface area contributed by atoms with Crippen LogP contribution < -0.4 is 0 Å². The highest BCUT2D eigenvalue weighted by atomic mass is 31.2. The Morgan fingerprint density at radius 1 is 1.23 bits per heavy atom. The molecule has 0 aromatic heterocycles. The van der Waals surface area contributed by atoms with E-state index in [2.05, 4.69) is 9.05 Å². The van der Waals surface area contributed by atoms with E-state index in [4.69, 9.17) is 12.4 Å². The summed E-state index contributed by atoms with van der Waals surface area (Å²) >= 11 is 0. The summed E-state index contributed by atoms with van der Waals surface area (Å²) in [4.78, 5) is 0. The molecule has 0 amide bonds. The number of hydrogen-bond donors (Lipinski definition) is 0. The molecule has 6 heteroatoms. The van der Waals surface area contributed by atoms with Crippen molar-refractivity contribution in [2.45, 2.75) is 32.2 Å². The lowest BCUT2D eigenvalue weighted by molar-refractivity contribution is 0.0735. The predicted molar refractivity (Wildman–Crippen MR) is 51.8 cm³/mol. The van der Waals surface area contributed by atoms with E-state index in [0.717, 1.165) is 0 Å². The molecule has 0 saturated heterocycles. The summed E-state index contributed by atoms with van der Waals surface area (Å²) in [7, 11) is 4.84. The summed E-state index contributed by atoms with van der Waals surface area (Å²) in [6.45, 7) is 3.69. The molecule has 0 aromatic rings. The van der Waals surface area contributed by atoms with Crippen molar-refractivity contribution in [2.75, 3.05) is 14.2 Å². The zero-order valence-corrected chi connectivity index (χ0v) is 9.47. The Morgan fingerprint density at radius 2 is 1.62 bits per heavy atom. The van der Waals surface area contributed by atoms with Gasteiger partial charge in [-0.05, 0) is 12.8 Å². The maximum Gasteiger partial charge on any atom is 0.474 e. The molecule has 0 aliphatic rings. The largest absolute Gasteiger partial charge is 0.474 e. The van der Waals surface area contributed by atoms with Crippen LogP contribution in [0.15, 0.2) is 0 Å².